The lowest BCUT2D eigenvalue weighted by atomic mass is 9.93. The number of likely N-dealkylation sites (tertiary alicyclic amines) is 1. The molecule has 0 saturated carbocycles. The second-order valence-corrected chi connectivity index (χ2v) is 12.1. The van der Waals surface area contributed by atoms with Crippen LogP contribution in [0.3, 0.4) is 0 Å². The molecule has 2 aromatic rings. The van der Waals surface area contributed by atoms with E-state index >= 15 is 0 Å². The van der Waals surface area contributed by atoms with Gasteiger partial charge in [0.25, 0.3) is 0 Å². The Morgan fingerprint density at radius 1 is 1.36 bits per heavy atom. The summed E-state index contributed by atoms with van der Waals surface area (Å²) >= 11 is 7.73. The first-order valence-corrected chi connectivity index (χ1v) is 14.7. The molecule has 4 heterocycles. The molecule has 11 nitrogen and oxygen atoms in total. The van der Waals surface area contributed by atoms with Crippen LogP contribution in [-0.4, -0.2) is 95.1 Å². The highest BCUT2D eigenvalue weighted by molar-refractivity contribution is 7.11. The summed E-state index contributed by atoms with van der Waals surface area (Å²) < 4.78 is 26.0. The monoisotopic (exact) mass is 619 g/mol. The summed E-state index contributed by atoms with van der Waals surface area (Å²) in [5, 5.41) is 15.0. The van der Waals surface area contributed by atoms with Gasteiger partial charge in [0.15, 0.2) is 10.8 Å². The Balaban J connectivity index is 1.54. The number of aliphatic carboxylic acids is 1. The fourth-order valence-corrected chi connectivity index (χ4v) is 6.21. The lowest BCUT2D eigenvalue weighted by Crippen LogP contribution is -2.54. The topological polar surface area (TPSA) is 134 Å². The Bertz CT molecular complexity index is 1450. The highest BCUT2D eigenvalue weighted by Crippen LogP contribution is 2.38. The van der Waals surface area contributed by atoms with Gasteiger partial charge in [-0.15, -0.1) is 11.3 Å². The molecule has 3 atom stereocenters. The van der Waals surface area contributed by atoms with Crippen molar-refractivity contribution in [3.05, 3.63) is 62.5 Å². The number of carboxylic acid groups (broad SMARTS) is 1. The van der Waals surface area contributed by atoms with Gasteiger partial charge in [0, 0.05) is 49.0 Å². The molecular weight excluding hydrogens is 589 g/mol. The van der Waals surface area contributed by atoms with Crippen LogP contribution in [0.25, 0.3) is 0 Å². The molecule has 5 rings (SSSR count). The van der Waals surface area contributed by atoms with Crippen molar-refractivity contribution >= 4 is 46.6 Å². The first kappa shape index (κ1) is 30.1. The van der Waals surface area contributed by atoms with Crippen LogP contribution in [0.2, 0.25) is 5.02 Å². The molecule has 2 N–H and O–H groups in total. The van der Waals surface area contributed by atoms with E-state index < -0.39 is 41.4 Å². The number of carbonyl (C=O) groups excluding carboxylic acids is 2. The number of halogens is 2. The molecule has 2 fully saturated rings. The minimum atomic E-state index is -1.14. The van der Waals surface area contributed by atoms with Crippen molar-refractivity contribution in [2.75, 3.05) is 39.4 Å². The first-order valence-electron chi connectivity index (χ1n) is 13.5. The van der Waals surface area contributed by atoms with Gasteiger partial charge in [-0.2, -0.15) is 0 Å². The molecule has 0 bridgehead atoms. The van der Waals surface area contributed by atoms with E-state index in [0.717, 1.165) is 0 Å². The minimum Gasteiger partial charge on any atom is -0.481 e. The van der Waals surface area contributed by atoms with E-state index in [9.17, 15) is 23.9 Å². The van der Waals surface area contributed by atoms with Crippen LogP contribution in [0.4, 0.5) is 4.39 Å². The maximum Gasteiger partial charge on any atom is 0.338 e. The van der Waals surface area contributed by atoms with Gasteiger partial charge < -0.3 is 24.8 Å². The number of ether oxygens (including phenoxy) is 2. The molecule has 14 heteroatoms. The summed E-state index contributed by atoms with van der Waals surface area (Å²) in [6, 6.07) is 2.63. The number of benzene rings is 1. The van der Waals surface area contributed by atoms with E-state index in [1.54, 1.807) is 38.4 Å². The second-order valence-electron chi connectivity index (χ2n) is 10.8. The number of thiazole rings is 1. The number of esters is 1. The zero-order chi connectivity index (χ0) is 30.2. The summed E-state index contributed by atoms with van der Waals surface area (Å²) in [5.41, 5.74) is -0.305. The number of hydrogen-bond acceptors (Lipinski definition) is 10. The van der Waals surface area contributed by atoms with Gasteiger partial charge in [0.1, 0.15) is 17.9 Å². The number of carbonyl (C=O) groups is 3. The molecule has 1 aromatic heterocycles. The van der Waals surface area contributed by atoms with Gasteiger partial charge in [0.05, 0.1) is 35.3 Å². The van der Waals surface area contributed by atoms with Crippen molar-refractivity contribution < 1.29 is 33.4 Å². The number of nitrogens with one attached hydrogen (secondary N) is 1. The minimum absolute atomic E-state index is 0.0292. The number of carboxylic acids is 1. The molecule has 3 aliphatic rings. The molecule has 0 aliphatic carbocycles. The van der Waals surface area contributed by atoms with Gasteiger partial charge in [-0.25, -0.2) is 14.2 Å². The van der Waals surface area contributed by atoms with Crippen LogP contribution in [0.1, 0.15) is 37.4 Å². The normalized spacial score (nSPS) is 23.0. The van der Waals surface area contributed by atoms with Crippen LogP contribution in [-0.2, 0) is 23.9 Å². The van der Waals surface area contributed by atoms with E-state index in [0.29, 0.717) is 29.7 Å². The maximum atomic E-state index is 14.6. The number of aliphatic imine (C=N–C) groups is 1. The molecule has 42 heavy (non-hydrogen) atoms. The van der Waals surface area contributed by atoms with Crippen molar-refractivity contribution in [3.63, 3.8) is 0 Å². The number of amides is 1. The predicted octanol–water partition coefficient (Wildman–Crippen LogP) is 2.87. The van der Waals surface area contributed by atoms with Crippen LogP contribution < -0.4 is 5.32 Å². The van der Waals surface area contributed by atoms with Gasteiger partial charge in [-0.05, 0) is 26.8 Å². The number of hydrogen-bond donors (Lipinski definition) is 2. The average Bonchev–Trinajstić information content (AvgIpc) is 3.59. The quantitative estimate of drug-likeness (QED) is 0.407. The standard InChI is InChI=1S/C28H31ClFN5O6S/c1-4-40-26(37)19-17(12-34-9-10-41-18-13-35(25(36)22(18)34)14-28(2,3)27(38)39)32-23(24-31-8-11-42-24)33-21(19)15-6-5-7-16(30)20(15)29/h5-8,11,18,21-22H,4,9-10,12-14H2,1-3H3,(H,32,33)(H,38,39)/t18-,21-,22-/m0/s1. The van der Waals surface area contributed by atoms with Crippen LogP contribution >= 0.6 is 22.9 Å². The molecule has 1 aromatic carbocycles. The highest BCUT2D eigenvalue weighted by Gasteiger charge is 2.49. The summed E-state index contributed by atoms with van der Waals surface area (Å²) in [7, 11) is 0. The van der Waals surface area contributed by atoms with E-state index in [4.69, 9.17) is 26.1 Å². The highest BCUT2D eigenvalue weighted by atomic mass is 35.5. The smallest absolute Gasteiger partial charge is 0.338 e. The number of fused-ring (bicyclic) bond motifs is 1. The Hall–Kier alpha value is -3.39. The molecule has 224 valence electrons. The average molecular weight is 620 g/mol. The number of morpholine rings is 1. The van der Waals surface area contributed by atoms with E-state index in [1.807, 2.05) is 4.90 Å². The fourth-order valence-electron chi connectivity index (χ4n) is 5.39. The number of rotatable bonds is 9. The predicted molar refractivity (Wildman–Crippen MR) is 153 cm³/mol. The lowest BCUT2D eigenvalue weighted by molar-refractivity contribution is -0.149. The summed E-state index contributed by atoms with van der Waals surface area (Å²) in [5.74, 6) is -2.19. The van der Waals surface area contributed by atoms with Crippen LogP contribution in [0.5, 0.6) is 0 Å². The fraction of sp³-hybridized carbons (Fsp3) is 0.464. The van der Waals surface area contributed by atoms with Crippen LogP contribution in [0, 0.1) is 11.2 Å². The van der Waals surface area contributed by atoms with Crippen molar-refractivity contribution in [2.24, 2.45) is 10.4 Å². The first-order chi connectivity index (χ1) is 20.0. The van der Waals surface area contributed by atoms with Crippen molar-refractivity contribution in [2.45, 2.75) is 39.0 Å². The third kappa shape index (κ3) is 5.78. The molecule has 0 unspecified atom stereocenters. The largest absolute Gasteiger partial charge is 0.481 e. The number of aromatic nitrogens is 1. The third-order valence-corrected chi connectivity index (χ3v) is 8.66. The van der Waals surface area contributed by atoms with E-state index in [1.165, 1.54) is 28.4 Å². The molecule has 0 radical (unpaired) electrons. The Labute approximate surface area is 251 Å². The number of nitrogens with zero attached hydrogens (tertiary/aromatic N) is 4. The molecular formula is C28H31ClFN5O6S. The van der Waals surface area contributed by atoms with Gasteiger partial charge >= 0.3 is 11.9 Å². The zero-order valence-electron chi connectivity index (χ0n) is 23.3. The Kier molecular flexibility index (Phi) is 8.65. The van der Waals surface area contributed by atoms with E-state index in [2.05, 4.69) is 10.3 Å². The zero-order valence-corrected chi connectivity index (χ0v) is 24.9. The van der Waals surface area contributed by atoms with Crippen molar-refractivity contribution in [1.29, 1.82) is 0 Å². The maximum absolute atomic E-state index is 14.6. The summed E-state index contributed by atoms with van der Waals surface area (Å²) in [4.78, 5) is 51.4. The van der Waals surface area contributed by atoms with E-state index in [-0.39, 0.29) is 48.3 Å². The molecule has 2 saturated heterocycles. The lowest BCUT2D eigenvalue weighted by Gasteiger charge is -2.37. The number of amidine groups is 1. The summed E-state index contributed by atoms with van der Waals surface area (Å²) in [6.45, 7) is 6.01. The van der Waals surface area contributed by atoms with Crippen molar-refractivity contribution in [3.8, 4) is 0 Å². The van der Waals surface area contributed by atoms with Crippen LogP contribution in [0.15, 0.2) is 46.0 Å². The second kappa shape index (κ2) is 12.1. The van der Waals surface area contributed by atoms with Gasteiger partial charge in [-0.3, -0.25) is 19.5 Å². The van der Waals surface area contributed by atoms with Crippen molar-refractivity contribution in [1.82, 2.24) is 20.1 Å². The third-order valence-electron chi connectivity index (χ3n) is 7.48. The molecule has 1 amide bonds. The SMILES string of the molecule is CCOC(=O)C1=C(CN2CCO[C@H]3CN(CC(C)(C)C(=O)O)C(=O)[C@H]32)NC(c2nccs2)=N[C@H]1c1cccc(F)c1Cl. The summed E-state index contributed by atoms with van der Waals surface area (Å²) in [6.07, 6.45) is 1.14. The Morgan fingerprint density at radius 2 is 2.14 bits per heavy atom. The van der Waals surface area contributed by atoms with Gasteiger partial charge in [0.2, 0.25) is 5.91 Å². The van der Waals surface area contributed by atoms with Gasteiger partial charge in [-0.1, -0.05) is 23.7 Å². The Morgan fingerprint density at radius 3 is 2.83 bits per heavy atom. The molecule has 3 aliphatic heterocycles. The molecule has 0 spiro atoms.